The van der Waals surface area contributed by atoms with Crippen LogP contribution in [0.2, 0.25) is 0 Å². The molecule has 0 spiro atoms. The fourth-order valence-corrected chi connectivity index (χ4v) is 5.06. The van der Waals surface area contributed by atoms with E-state index in [1.807, 2.05) is 38.1 Å². The number of aryl methyl sites for hydroxylation is 1. The summed E-state index contributed by atoms with van der Waals surface area (Å²) in [4.78, 5) is 46.9. The number of ether oxygens (including phenoxy) is 3. The van der Waals surface area contributed by atoms with E-state index in [0.717, 1.165) is 5.56 Å². The minimum atomic E-state index is -0.466. The van der Waals surface area contributed by atoms with Gasteiger partial charge in [0.15, 0.2) is 0 Å². The van der Waals surface area contributed by atoms with Crippen molar-refractivity contribution < 1.29 is 28.6 Å². The summed E-state index contributed by atoms with van der Waals surface area (Å²) in [5.74, 6) is 1.04. The van der Waals surface area contributed by atoms with Gasteiger partial charge in [0, 0.05) is 38.8 Å². The number of imidazole rings is 1. The fourth-order valence-electron chi connectivity index (χ4n) is 5.06. The Hall–Kier alpha value is -4.38. The van der Waals surface area contributed by atoms with Crippen LogP contribution in [0.1, 0.15) is 46.7 Å². The number of hydrogen-bond acceptors (Lipinski definition) is 7. The van der Waals surface area contributed by atoms with Crippen molar-refractivity contribution in [2.75, 3.05) is 33.3 Å². The van der Waals surface area contributed by atoms with Gasteiger partial charge in [-0.05, 0) is 42.2 Å². The molecule has 1 saturated heterocycles. The predicted molar refractivity (Wildman–Crippen MR) is 154 cm³/mol. The highest BCUT2D eigenvalue weighted by atomic mass is 16.5. The number of likely N-dealkylation sites (N-methyl/N-ethyl adjacent to an activating group) is 1. The maximum Gasteiger partial charge on any atom is 0.272 e. The Labute approximate surface area is 245 Å². The number of carbonyl (C=O) groups excluding carboxylic acids is 3. The number of rotatable bonds is 4. The Morgan fingerprint density at radius 2 is 1.98 bits per heavy atom. The maximum absolute atomic E-state index is 13.4. The molecule has 2 atom stereocenters. The lowest BCUT2D eigenvalue weighted by atomic mass is 10.0. The van der Waals surface area contributed by atoms with E-state index in [2.05, 4.69) is 10.3 Å². The lowest BCUT2D eigenvalue weighted by molar-refractivity contribution is -0.124. The average Bonchev–Trinajstić information content (AvgIpc) is 3.40. The molecule has 1 aromatic heterocycles. The zero-order valence-electron chi connectivity index (χ0n) is 24.4. The van der Waals surface area contributed by atoms with E-state index in [1.54, 1.807) is 54.3 Å². The van der Waals surface area contributed by atoms with Gasteiger partial charge in [-0.3, -0.25) is 14.4 Å². The van der Waals surface area contributed by atoms with Crippen LogP contribution in [-0.2, 0) is 23.2 Å². The first-order chi connectivity index (χ1) is 20.2. The second-order valence-electron chi connectivity index (χ2n) is 11.3. The number of fused-ring (bicyclic) bond motifs is 5. The van der Waals surface area contributed by atoms with E-state index in [-0.39, 0.29) is 36.9 Å². The highest BCUT2D eigenvalue weighted by molar-refractivity contribution is 5.97. The first-order valence-electron chi connectivity index (χ1n) is 14.1. The van der Waals surface area contributed by atoms with Crippen molar-refractivity contribution >= 4 is 17.7 Å². The van der Waals surface area contributed by atoms with Crippen molar-refractivity contribution in [3.8, 4) is 17.2 Å². The molecule has 11 nitrogen and oxygen atoms in total. The Kier molecular flexibility index (Phi) is 8.77. The molecule has 0 unspecified atom stereocenters. The molecule has 11 heteroatoms. The molecule has 2 aromatic carbocycles. The summed E-state index contributed by atoms with van der Waals surface area (Å²) in [5.41, 5.74) is 1.70. The van der Waals surface area contributed by atoms with Crippen LogP contribution in [0.25, 0.3) is 0 Å². The minimum absolute atomic E-state index is 0.144. The number of aromatic nitrogens is 2. The van der Waals surface area contributed by atoms with Crippen molar-refractivity contribution in [2.45, 2.75) is 39.0 Å². The third-order valence-corrected chi connectivity index (χ3v) is 7.26. The number of amides is 3. The monoisotopic (exact) mass is 575 g/mol. The number of nitrogens with one attached hydrogen (secondary N) is 1. The summed E-state index contributed by atoms with van der Waals surface area (Å²) < 4.78 is 20.1. The van der Waals surface area contributed by atoms with Gasteiger partial charge in [-0.1, -0.05) is 26.0 Å². The topological polar surface area (TPSA) is 115 Å². The zero-order valence-corrected chi connectivity index (χ0v) is 24.4. The summed E-state index contributed by atoms with van der Waals surface area (Å²) in [7, 11) is 3.36. The molecule has 0 saturated carbocycles. The number of nitrogens with zero attached hydrogens (tertiary/aromatic N) is 4. The molecular weight excluding hydrogens is 538 g/mol. The molecule has 2 aliphatic heterocycles. The van der Waals surface area contributed by atoms with Crippen LogP contribution in [0.4, 0.5) is 0 Å². The van der Waals surface area contributed by atoms with Gasteiger partial charge in [-0.15, -0.1) is 0 Å². The third kappa shape index (κ3) is 6.91. The normalized spacial score (nSPS) is 19.6. The van der Waals surface area contributed by atoms with E-state index in [4.69, 9.17) is 14.2 Å². The average molecular weight is 576 g/mol. The number of piperidine rings is 1. The van der Waals surface area contributed by atoms with Crippen LogP contribution in [0.15, 0.2) is 55.0 Å². The highest BCUT2D eigenvalue weighted by Crippen LogP contribution is 2.30. The number of benzene rings is 2. The number of likely N-dealkylation sites (tertiary alicyclic amines) is 1. The molecular formula is C31H37N5O6. The van der Waals surface area contributed by atoms with E-state index in [1.165, 1.54) is 4.90 Å². The quantitative estimate of drug-likeness (QED) is 0.508. The molecule has 5 rings (SSSR count). The Morgan fingerprint density at radius 1 is 1.14 bits per heavy atom. The molecule has 222 valence electrons. The molecule has 4 bridgehead atoms. The highest BCUT2D eigenvalue weighted by Gasteiger charge is 2.34. The fraction of sp³-hybridized carbons (Fsp3) is 0.419. The molecule has 0 radical (unpaired) electrons. The Balaban J connectivity index is 1.42. The van der Waals surface area contributed by atoms with Gasteiger partial charge in [-0.25, -0.2) is 4.98 Å². The Bertz CT molecular complexity index is 1450. The minimum Gasteiger partial charge on any atom is -0.493 e. The summed E-state index contributed by atoms with van der Waals surface area (Å²) >= 11 is 0. The molecule has 3 amide bonds. The zero-order chi connectivity index (χ0) is 29.8. The molecule has 42 heavy (non-hydrogen) atoms. The standard InChI is InChI=1S/C31H37N5O6/c1-20(2)17-40-24-11-22-12-25(13-24)42-23-7-5-6-21(10-23)18-41-28-15-36(31(39)27-14-32-19-35(27)4)9-8-26(28)33-29(37)16-34(3)30(22)38/h5-7,10-14,19-20,26,28H,8-9,15-18H2,1-4H3,(H,33,37)/t26-,28-/m0/s1. The summed E-state index contributed by atoms with van der Waals surface area (Å²) in [6.45, 7) is 5.42. The van der Waals surface area contributed by atoms with E-state index in [0.29, 0.717) is 60.5 Å². The lowest BCUT2D eigenvalue weighted by Gasteiger charge is -2.39. The third-order valence-electron chi connectivity index (χ3n) is 7.26. The van der Waals surface area contributed by atoms with E-state index in [9.17, 15) is 14.4 Å². The number of carbonyl (C=O) groups is 3. The summed E-state index contributed by atoms with van der Waals surface area (Å²) in [5, 5.41) is 3.05. The second-order valence-corrected chi connectivity index (χ2v) is 11.3. The molecule has 0 aliphatic carbocycles. The van der Waals surface area contributed by atoms with Crippen LogP contribution < -0.4 is 14.8 Å². The smallest absolute Gasteiger partial charge is 0.272 e. The SMILES string of the molecule is CC(C)COc1cc2cc(c1)C(=O)N(C)CC(=O)N[C@H]1CCN(C(=O)c3cncn3C)C[C@@H]1OCc1cccc(c1)O2. The van der Waals surface area contributed by atoms with Gasteiger partial charge in [-0.2, -0.15) is 0 Å². The summed E-state index contributed by atoms with van der Waals surface area (Å²) in [6, 6.07) is 12.2. The maximum atomic E-state index is 13.4. The van der Waals surface area contributed by atoms with Crippen molar-refractivity contribution in [1.29, 1.82) is 0 Å². The van der Waals surface area contributed by atoms with E-state index < -0.39 is 6.10 Å². The predicted octanol–water partition coefficient (Wildman–Crippen LogP) is 3.25. The van der Waals surface area contributed by atoms with Crippen molar-refractivity contribution in [3.05, 3.63) is 71.8 Å². The van der Waals surface area contributed by atoms with Gasteiger partial charge in [0.25, 0.3) is 11.8 Å². The second kappa shape index (κ2) is 12.6. The van der Waals surface area contributed by atoms with Gasteiger partial charge in [0.1, 0.15) is 22.9 Å². The van der Waals surface area contributed by atoms with Crippen LogP contribution in [0, 0.1) is 5.92 Å². The van der Waals surface area contributed by atoms with Crippen molar-refractivity contribution in [1.82, 2.24) is 24.7 Å². The van der Waals surface area contributed by atoms with Gasteiger partial charge in [0.2, 0.25) is 5.91 Å². The molecule has 3 heterocycles. The van der Waals surface area contributed by atoms with Crippen molar-refractivity contribution in [2.24, 2.45) is 13.0 Å². The molecule has 1 fully saturated rings. The largest absolute Gasteiger partial charge is 0.493 e. The lowest BCUT2D eigenvalue weighted by Crippen LogP contribution is -2.57. The molecule has 2 aliphatic rings. The molecule has 3 aromatic rings. The Morgan fingerprint density at radius 3 is 2.74 bits per heavy atom. The number of hydrogen-bond donors (Lipinski definition) is 1. The van der Waals surface area contributed by atoms with Gasteiger partial charge in [0.05, 0.1) is 44.4 Å². The van der Waals surface area contributed by atoms with Gasteiger partial charge < -0.3 is 33.9 Å². The van der Waals surface area contributed by atoms with Crippen LogP contribution in [0.3, 0.4) is 0 Å². The summed E-state index contributed by atoms with van der Waals surface area (Å²) in [6.07, 6.45) is 3.17. The van der Waals surface area contributed by atoms with Crippen molar-refractivity contribution in [3.63, 3.8) is 0 Å². The first kappa shape index (κ1) is 29.1. The molecule has 1 N–H and O–H groups in total. The van der Waals surface area contributed by atoms with Crippen LogP contribution >= 0.6 is 0 Å². The van der Waals surface area contributed by atoms with Crippen LogP contribution in [-0.4, -0.2) is 82.5 Å². The first-order valence-corrected chi connectivity index (χ1v) is 14.1. The van der Waals surface area contributed by atoms with Gasteiger partial charge >= 0.3 is 0 Å². The van der Waals surface area contributed by atoms with E-state index >= 15 is 0 Å². The van der Waals surface area contributed by atoms with Crippen LogP contribution in [0.5, 0.6) is 17.2 Å².